The Kier molecular flexibility index (Phi) is 5.01. The third-order valence-corrected chi connectivity index (χ3v) is 6.05. The van der Waals surface area contributed by atoms with Crippen LogP contribution in [0, 0.1) is 5.92 Å². The molecule has 2 aliphatic rings. The monoisotopic (exact) mass is 378 g/mol. The van der Waals surface area contributed by atoms with Gasteiger partial charge in [0.1, 0.15) is 0 Å². The van der Waals surface area contributed by atoms with Gasteiger partial charge in [0.2, 0.25) is 0 Å². The average Bonchev–Trinajstić information content (AvgIpc) is 3.19. The van der Waals surface area contributed by atoms with E-state index in [1.54, 1.807) is 6.20 Å². The summed E-state index contributed by atoms with van der Waals surface area (Å²) in [7, 11) is 0. The fraction of sp³-hybridized carbons (Fsp3) is 0.524. The molecular formula is C21H26N6O. The number of pyridine rings is 1. The number of nitrogens with zero attached hydrogens (tertiary/aromatic N) is 6. The van der Waals surface area contributed by atoms with Gasteiger partial charge in [0.25, 0.3) is 0 Å². The van der Waals surface area contributed by atoms with Crippen molar-refractivity contribution in [1.82, 2.24) is 29.7 Å². The molecule has 0 aliphatic carbocycles. The summed E-state index contributed by atoms with van der Waals surface area (Å²) in [4.78, 5) is 6.82. The maximum atomic E-state index is 5.49. The molecule has 0 radical (unpaired) electrons. The zero-order valence-corrected chi connectivity index (χ0v) is 16.1. The first-order chi connectivity index (χ1) is 13.9. The summed E-state index contributed by atoms with van der Waals surface area (Å²) in [5.74, 6) is 2.20. The van der Waals surface area contributed by atoms with Gasteiger partial charge >= 0.3 is 0 Å². The van der Waals surface area contributed by atoms with E-state index in [2.05, 4.69) is 20.1 Å². The van der Waals surface area contributed by atoms with Gasteiger partial charge in [-0.3, -0.25) is 4.98 Å². The van der Waals surface area contributed by atoms with Crippen LogP contribution in [0.1, 0.15) is 37.4 Å². The molecule has 28 heavy (non-hydrogen) atoms. The van der Waals surface area contributed by atoms with E-state index in [0.717, 1.165) is 67.8 Å². The molecule has 2 aliphatic heterocycles. The van der Waals surface area contributed by atoms with Crippen molar-refractivity contribution in [2.75, 3.05) is 32.8 Å². The summed E-state index contributed by atoms with van der Waals surface area (Å²) < 4.78 is 7.42. The molecule has 0 atom stereocenters. The Hall–Kier alpha value is -2.38. The van der Waals surface area contributed by atoms with Gasteiger partial charge in [0, 0.05) is 43.6 Å². The Bertz CT molecular complexity index is 913. The van der Waals surface area contributed by atoms with Crippen molar-refractivity contribution < 1.29 is 4.74 Å². The molecule has 0 aromatic carbocycles. The van der Waals surface area contributed by atoms with Crippen LogP contribution in [0.15, 0.2) is 36.7 Å². The molecule has 2 saturated heterocycles. The minimum atomic E-state index is 0.414. The summed E-state index contributed by atoms with van der Waals surface area (Å²) in [5.41, 5.74) is 2.72. The Labute approximate surface area is 164 Å². The third-order valence-electron chi connectivity index (χ3n) is 6.05. The predicted octanol–water partition coefficient (Wildman–Crippen LogP) is 2.79. The van der Waals surface area contributed by atoms with Gasteiger partial charge in [-0.15, -0.1) is 10.2 Å². The van der Waals surface area contributed by atoms with Crippen molar-refractivity contribution in [1.29, 1.82) is 0 Å². The molecule has 5 heterocycles. The number of aromatic nitrogens is 5. The molecule has 7 nitrogen and oxygen atoms in total. The van der Waals surface area contributed by atoms with E-state index in [1.807, 2.05) is 35.0 Å². The van der Waals surface area contributed by atoms with Crippen molar-refractivity contribution >= 4 is 5.65 Å². The Morgan fingerprint density at radius 3 is 2.64 bits per heavy atom. The van der Waals surface area contributed by atoms with E-state index in [1.165, 1.54) is 19.4 Å². The molecule has 3 aromatic heterocycles. The molecule has 0 spiro atoms. The number of piperidine rings is 1. The topological polar surface area (TPSA) is 68.4 Å². The lowest BCUT2D eigenvalue weighted by Crippen LogP contribution is -2.38. The van der Waals surface area contributed by atoms with Crippen LogP contribution < -0.4 is 0 Å². The molecule has 7 heteroatoms. The fourth-order valence-corrected chi connectivity index (χ4v) is 4.40. The SMILES string of the molecule is c1cncc(-c2ccc3nnc(C4CCN(CC5CCOCC5)CC4)n3n2)c1. The second-order valence-electron chi connectivity index (χ2n) is 7.92. The summed E-state index contributed by atoms with van der Waals surface area (Å²) in [5, 5.41) is 13.7. The van der Waals surface area contributed by atoms with Crippen LogP contribution in [0.4, 0.5) is 0 Å². The second kappa shape index (κ2) is 7.93. The first-order valence-corrected chi connectivity index (χ1v) is 10.3. The second-order valence-corrected chi connectivity index (χ2v) is 7.92. The molecule has 3 aromatic rings. The predicted molar refractivity (Wildman–Crippen MR) is 106 cm³/mol. The third kappa shape index (κ3) is 3.64. The van der Waals surface area contributed by atoms with Crippen molar-refractivity contribution in [3.05, 3.63) is 42.5 Å². The molecule has 0 saturated carbocycles. The lowest BCUT2D eigenvalue weighted by atomic mass is 9.93. The molecule has 0 unspecified atom stereocenters. The standard InChI is InChI=1S/C21H26N6O/c1-2-18(14-22-9-1)19-3-4-20-23-24-21(27(20)25-19)17-5-10-26(11-6-17)15-16-7-12-28-13-8-16/h1-4,9,14,16-17H,5-8,10-13,15H2. The number of hydrogen-bond donors (Lipinski definition) is 0. The van der Waals surface area contributed by atoms with Gasteiger partial charge in [-0.25, -0.2) is 0 Å². The first kappa shape index (κ1) is 17.7. The fourth-order valence-electron chi connectivity index (χ4n) is 4.40. The lowest BCUT2D eigenvalue weighted by Gasteiger charge is -2.34. The minimum Gasteiger partial charge on any atom is -0.381 e. The molecule has 5 rings (SSSR count). The van der Waals surface area contributed by atoms with Gasteiger partial charge < -0.3 is 9.64 Å². The zero-order valence-electron chi connectivity index (χ0n) is 16.1. The average molecular weight is 378 g/mol. The Morgan fingerprint density at radius 2 is 1.86 bits per heavy atom. The smallest absolute Gasteiger partial charge is 0.177 e. The van der Waals surface area contributed by atoms with Crippen molar-refractivity contribution in [3.63, 3.8) is 0 Å². The number of likely N-dealkylation sites (tertiary alicyclic amines) is 1. The van der Waals surface area contributed by atoms with Gasteiger partial charge in [0.05, 0.1) is 5.69 Å². The summed E-state index contributed by atoms with van der Waals surface area (Å²) in [6.45, 7) is 5.31. The molecule has 0 amide bonds. The van der Waals surface area contributed by atoms with Crippen molar-refractivity contribution in [3.8, 4) is 11.3 Å². The maximum Gasteiger partial charge on any atom is 0.177 e. The van der Waals surface area contributed by atoms with E-state index >= 15 is 0 Å². The van der Waals surface area contributed by atoms with Crippen molar-refractivity contribution in [2.45, 2.75) is 31.6 Å². The molecule has 0 N–H and O–H groups in total. The molecular weight excluding hydrogens is 352 g/mol. The van der Waals surface area contributed by atoms with E-state index in [4.69, 9.17) is 9.84 Å². The molecule has 0 bridgehead atoms. The molecule has 146 valence electrons. The van der Waals surface area contributed by atoms with E-state index in [0.29, 0.717) is 5.92 Å². The van der Waals surface area contributed by atoms with E-state index in [9.17, 15) is 0 Å². The van der Waals surface area contributed by atoms with Crippen LogP contribution in [0.25, 0.3) is 16.9 Å². The van der Waals surface area contributed by atoms with Gasteiger partial charge in [-0.05, 0) is 69.0 Å². The van der Waals surface area contributed by atoms with Crippen LogP contribution >= 0.6 is 0 Å². The van der Waals surface area contributed by atoms with Crippen LogP contribution in [-0.4, -0.2) is 62.5 Å². The van der Waals surface area contributed by atoms with Crippen LogP contribution in [-0.2, 0) is 4.74 Å². The minimum absolute atomic E-state index is 0.414. The number of rotatable bonds is 4. The number of fused-ring (bicyclic) bond motifs is 1. The normalized spacial score (nSPS) is 20.0. The van der Waals surface area contributed by atoms with Crippen LogP contribution in [0.3, 0.4) is 0 Å². The highest BCUT2D eigenvalue weighted by Gasteiger charge is 2.27. The number of ether oxygens (including phenoxy) is 1. The van der Waals surface area contributed by atoms with Gasteiger partial charge in [-0.1, -0.05) is 0 Å². The molecule has 2 fully saturated rings. The van der Waals surface area contributed by atoms with E-state index < -0.39 is 0 Å². The Morgan fingerprint density at radius 1 is 1.00 bits per heavy atom. The summed E-state index contributed by atoms with van der Waals surface area (Å²) in [6, 6.07) is 7.94. The van der Waals surface area contributed by atoms with Crippen LogP contribution in [0.5, 0.6) is 0 Å². The summed E-state index contributed by atoms with van der Waals surface area (Å²) in [6.07, 6.45) is 8.25. The highest BCUT2D eigenvalue weighted by Crippen LogP contribution is 2.28. The first-order valence-electron chi connectivity index (χ1n) is 10.3. The zero-order chi connectivity index (χ0) is 18.8. The highest BCUT2D eigenvalue weighted by molar-refractivity contribution is 5.58. The van der Waals surface area contributed by atoms with Gasteiger partial charge in [-0.2, -0.15) is 9.61 Å². The highest BCUT2D eigenvalue weighted by atomic mass is 16.5. The van der Waals surface area contributed by atoms with Crippen LogP contribution in [0.2, 0.25) is 0 Å². The largest absolute Gasteiger partial charge is 0.381 e. The number of hydrogen-bond acceptors (Lipinski definition) is 6. The Balaban J connectivity index is 1.30. The lowest BCUT2D eigenvalue weighted by molar-refractivity contribution is 0.0486. The van der Waals surface area contributed by atoms with Crippen molar-refractivity contribution in [2.24, 2.45) is 5.92 Å². The summed E-state index contributed by atoms with van der Waals surface area (Å²) >= 11 is 0. The van der Waals surface area contributed by atoms with Gasteiger partial charge in [0.15, 0.2) is 11.5 Å². The van der Waals surface area contributed by atoms with E-state index in [-0.39, 0.29) is 0 Å². The maximum absolute atomic E-state index is 5.49. The quantitative estimate of drug-likeness (QED) is 0.695.